The van der Waals surface area contributed by atoms with Gasteiger partial charge in [-0.1, -0.05) is 6.07 Å². The van der Waals surface area contributed by atoms with Gasteiger partial charge in [-0.05, 0) is 24.6 Å². The molecule has 0 spiro atoms. The molecular weight excluding hydrogens is 196 g/mol. The van der Waals surface area contributed by atoms with Crippen molar-refractivity contribution in [3.8, 4) is 5.75 Å². The first-order valence-corrected chi connectivity index (χ1v) is 4.45. The van der Waals surface area contributed by atoms with Gasteiger partial charge in [-0.15, -0.1) is 0 Å². The van der Waals surface area contributed by atoms with Crippen LogP contribution in [0.4, 0.5) is 5.69 Å². The maximum absolute atomic E-state index is 11.3. The van der Waals surface area contributed by atoms with Gasteiger partial charge in [0.1, 0.15) is 5.75 Å². The predicted octanol–water partition coefficient (Wildman–Crippen LogP) is 0.180. The van der Waals surface area contributed by atoms with E-state index >= 15 is 0 Å². The summed E-state index contributed by atoms with van der Waals surface area (Å²) in [5.41, 5.74) is 6.57. The predicted molar refractivity (Wildman–Crippen MR) is 53.4 cm³/mol. The van der Waals surface area contributed by atoms with E-state index in [1.165, 1.54) is 0 Å². The minimum absolute atomic E-state index is 0.471. The van der Waals surface area contributed by atoms with Crippen LogP contribution in [0.3, 0.4) is 0 Å². The van der Waals surface area contributed by atoms with Crippen LogP contribution in [-0.2, 0) is 9.59 Å². The molecule has 3 N–H and O–H groups in total. The second-order valence-corrected chi connectivity index (χ2v) is 3.39. The van der Waals surface area contributed by atoms with E-state index in [4.69, 9.17) is 10.5 Å². The Morgan fingerprint density at radius 3 is 2.93 bits per heavy atom. The summed E-state index contributed by atoms with van der Waals surface area (Å²) < 4.78 is 5.20. The first-order valence-electron chi connectivity index (χ1n) is 4.45. The summed E-state index contributed by atoms with van der Waals surface area (Å²) in [6.07, 6.45) is -1.24. The Balaban J connectivity index is 2.39. The van der Waals surface area contributed by atoms with E-state index in [2.05, 4.69) is 5.32 Å². The molecule has 1 aliphatic heterocycles. The minimum atomic E-state index is -1.24. The molecule has 0 radical (unpaired) electrons. The number of hydrogen-bond donors (Lipinski definition) is 2. The van der Waals surface area contributed by atoms with Gasteiger partial charge in [-0.25, -0.2) is 0 Å². The number of rotatable bonds is 1. The van der Waals surface area contributed by atoms with Crippen molar-refractivity contribution in [1.29, 1.82) is 0 Å². The van der Waals surface area contributed by atoms with Crippen molar-refractivity contribution in [3.05, 3.63) is 23.8 Å². The van der Waals surface area contributed by atoms with Gasteiger partial charge in [0.25, 0.3) is 17.9 Å². The minimum Gasteiger partial charge on any atom is -0.468 e. The number of benzene rings is 1. The fourth-order valence-corrected chi connectivity index (χ4v) is 1.40. The van der Waals surface area contributed by atoms with Crippen molar-refractivity contribution in [3.63, 3.8) is 0 Å². The zero-order valence-corrected chi connectivity index (χ0v) is 8.11. The van der Waals surface area contributed by atoms with Crippen molar-refractivity contribution >= 4 is 17.5 Å². The molecule has 5 nitrogen and oxygen atoms in total. The van der Waals surface area contributed by atoms with Gasteiger partial charge in [-0.2, -0.15) is 0 Å². The molecule has 5 heteroatoms. The van der Waals surface area contributed by atoms with Crippen LogP contribution in [0.15, 0.2) is 18.2 Å². The molecule has 1 aromatic carbocycles. The van der Waals surface area contributed by atoms with Gasteiger partial charge in [0.15, 0.2) is 0 Å². The number of nitrogens with two attached hydrogens (primary N) is 1. The van der Waals surface area contributed by atoms with Crippen molar-refractivity contribution in [2.75, 3.05) is 5.32 Å². The smallest absolute Gasteiger partial charge is 0.275 e. The topological polar surface area (TPSA) is 81.4 Å². The van der Waals surface area contributed by atoms with Crippen molar-refractivity contribution in [2.24, 2.45) is 5.73 Å². The summed E-state index contributed by atoms with van der Waals surface area (Å²) in [5.74, 6) is -0.850. The zero-order valence-electron chi connectivity index (χ0n) is 8.11. The highest BCUT2D eigenvalue weighted by molar-refractivity contribution is 6.10. The Hall–Kier alpha value is -2.04. The monoisotopic (exact) mass is 206 g/mol. The standard InChI is InChI=1S/C10H10N2O3/c1-5-2-3-6-7(4-5)15-8(9(11)13)10(14)12-6/h2-4,8H,1H3,(H2,11,13)(H,12,14). The number of primary amides is 1. The summed E-state index contributed by atoms with van der Waals surface area (Å²) in [5, 5.41) is 2.55. The van der Waals surface area contributed by atoms with E-state index in [9.17, 15) is 9.59 Å². The van der Waals surface area contributed by atoms with Crippen LogP contribution in [0.1, 0.15) is 5.56 Å². The summed E-state index contributed by atoms with van der Waals surface area (Å²) in [6, 6.07) is 5.30. The highest BCUT2D eigenvalue weighted by atomic mass is 16.5. The average Bonchev–Trinajstić information content (AvgIpc) is 2.17. The second kappa shape index (κ2) is 3.27. The molecule has 78 valence electrons. The lowest BCUT2D eigenvalue weighted by atomic mass is 10.1. The van der Waals surface area contributed by atoms with Crippen molar-refractivity contribution in [2.45, 2.75) is 13.0 Å². The van der Waals surface area contributed by atoms with Crippen LogP contribution in [0.2, 0.25) is 0 Å². The molecule has 0 aromatic heterocycles. The van der Waals surface area contributed by atoms with Gasteiger partial charge >= 0.3 is 0 Å². The highest BCUT2D eigenvalue weighted by Crippen LogP contribution is 2.30. The van der Waals surface area contributed by atoms with Crippen LogP contribution in [0.5, 0.6) is 5.75 Å². The fourth-order valence-electron chi connectivity index (χ4n) is 1.40. The first-order chi connectivity index (χ1) is 7.08. The lowest BCUT2D eigenvalue weighted by molar-refractivity contribution is -0.135. The molecule has 0 fully saturated rings. The Labute approximate surface area is 86.2 Å². The summed E-state index contributed by atoms with van der Waals surface area (Å²) in [6.45, 7) is 1.89. The third-order valence-corrected chi connectivity index (χ3v) is 2.14. The SMILES string of the molecule is Cc1ccc2c(c1)OC(C(N)=O)C(=O)N2. The Morgan fingerprint density at radius 1 is 1.53 bits per heavy atom. The van der Waals surface area contributed by atoms with E-state index < -0.39 is 17.9 Å². The third kappa shape index (κ3) is 1.63. The quantitative estimate of drug-likeness (QED) is 0.643. The first kappa shape index (κ1) is 9.51. The molecule has 15 heavy (non-hydrogen) atoms. The van der Waals surface area contributed by atoms with Crippen LogP contribution in [0, 0.1) is 6.92 Å². The normalized spacial score (nSPS) is 18.7. The lowest BCUT2D eigenvalue weighted by Crippen LogP contribution is -2.46. The van der Waals surface area contributed by atoms with E-state index in [1.807, 2.05) is 13.0 Å². The number of aryl methyl sites for hydroxylation is 1. The Bertz CT molecular complexity index is 442. The molecule has 0 saturated carbocycles. The molecule has 0 aliphatic carbocycles. The number of carbonyl (C=O) groups excluding carboxylic acids is 2. The van der Waals surface area contributed by atoms with Crippen LogP contribution >= 0.6 is 0 Å². The van der Waals surface area contributed by atoms with Gasteiger partial charge in [0.2, 0.25) is 0 Å². The van der Waals surface area contributed by atoms with Gasteiger partial charge < -0.3 is 15.8 Å². The van der Waals surface area contributed by atoms with E-state index in [0.29, 0.717) is 11.4 Å². The number of nitrogens with one attached hydrogen (secondary N) is 1. The lowest BCUT2D eigenvalue weighted by Gasteiger charge is -2.23. The number of fused-ring (bicyclic) bond motifs is 1. The van der Waals surface area contributed by atoms with E-state index in [-0.39, 0.29) is 0 Å². The highest BCUT2D eigenvalue weighted by Gasteiger charge is 2.31. The summed E-state index contributed by atoms with van der Waals surface area (Å²) >= 11 is 0. The molecule has 1 heterocycles. The molecule has 1 aliphatic rings. The third-order valence-electron chi connectivity index (χ3n) is 2.14. The fraction of sp³-hybridized carbons (Fsp3) is 0.200. The van der Waals surface area contributed by atoms with Crippen molar-refractivity contribution < 1.29 is 14.3 Å². The molecule has 1 unspecified atom stereocenters. The average molecular weight is 206 g/mol. The maximum atomic E-state index is 11.3. The van der Waals surface area contributed by atoms with Crippen LogP contribution in [0.25, 0.3) is 0 Å². The van der Waals surface area contributed by atoms with E-state index in [0.717, 1.165) is 5.56 Å². The number of hydrogen-bond acceptors (Lipinski definition) is 3. The second-order valence-electron chi connectivity index (χ2n) is 3.39. The maximum Gasteiger partial charge on any atom is 0.275 e. The van der Waals surface area contributed by atoms with Crippen LogP contribution < -0.4 is 15.8 Å². The number of amides is 2. The van der Waals surface area contributed by atoms with Crippen LogP contribution in [-0.4, -0.2) is 17.9 Å². The van der Waals surface area contributed by atoms with Gasteiger partial charge in [-0.3, -0.25) is 9.59 Å². The largest absolute Gasteiger partial charge is 0.468 e. The molecule has 0 bridgehead atoms. The Kier molecular flexibility index (Phi) is 2.07. The summed E-state index contributed by atoms with van der Waals surface area (Å²) in [7, 11) is 0. The molecule has 2 rings (SSSR count). The molecule has 0 saturated heterocycles. The Morgan fingerprint density at radius 2 is 2.27 bits per heavy atom. The molecular formula is C10H10N2O3. The van der Waals surface area contributed by atoms with Gasteiger partial charge in [0.05, 0.1) is 5.69 Å². The summed E-state index contributed by atoms with van der Waals surface area (Å²) in [4.78, 5) is 22.2. The van der Waals surface area contributed by atoms with Crippen molar-refractivity contribution in [1.82, 2.24) is 0 Å². The van der Waals surface area contributed by atoms with Gasteiger partial charge in [0, 0.05) is 0 Å². The van der Waals surface area contributed by atoms with E-state index in [1.54, 1.807) is 12.1 Å². The molecule has 1 atom stereocenters. The number of ether oxygens (including phenoxy) is 1. The number of carbonyl (C=O) groups is 2. The molecule has 2 amide bonds. The number of anilines is 1. The molecule has 1 aromatic rings. The zero-order chi connectivity index (χ0) is 11.0.